The fourth-order valence-electron chi connectivity index (χ4n) is 0.995. The Morgan fingerprint density at radius 3 is 2.23 bits per heavy atom. The van der Waals surface area contributed by atoms with Crippen LogP contribution in [0.4, 0.5) is 24.7 Å². The molecule has 0 atom stereocenters. The Balaban J connectivity index is 3.43. The van der Waals surface area contributed by atoms with Crippen molar-refractivity contribution in [1.29, 1.82) is 0 Å². The van der Waals surface area contributed by atoms with Gasteiger partial charge in [-0.3, -0.25) is 0 Å². The van der Waals surface area contributed by atoms with E-state index in [0.717, 1.165) is 6.20 Å². The number of pyridine rings is 1. The third-order valence-electron chi connectivity index (χ3n) is 1.69. The van der Waals surface area contributed by atoms with Crippen LogP contribution in [0.3, 0.4) is 0 Å². The SMILES string of the molecule is Cc1c(N)cnc(N)c1C(F)(F)F. The first kappa shape index (κ1) is 9.63. The molecule has 72 valence electrons. The van der Waals surface area contributed by atoms with E-state index in [1.54, 1.807) is 0 Å². The molecular weight excluding hydrogens is 183 g/mol. The molecule has 0 fully saturated rings. The minimum absolute atomic E-state index is 0.0125. The van der Waals surface area contributed by atoms with Crippen LogP contribution in [0.25, 0.3) is 0 Å². The van der Waals surface area contributed by atoms with Crippen molar-refractivity contribution in [3.63, 3.8) is 0 Å². The summed E-state index contributed by atoms with van der Waals surface area (Å²) >= 11 is 0. The van der Waals surface area contributed by atoms with Gasteiger partial charge in [-0.1, -0.05) is 0 Å². The molecule has 13 heavy (non-hydrogen) atoms. The maximum atomic E-state index is 12.3. The number of alkyl halides is 3. The Hall–Kier alpha value is -1.46. The third-order valence-corrected chi connectivity index (χ3v) is 1.69. The lowest BCUT2D eigenvalue weighted by Crippen LogP contribution is -2.14. The molecule has 1 rings (SSSR count). The molecule has 6 heteroatoms. The summed E-state index contributed by atoms with van der Waals surface area (Å²) in [6.07, 6.45) is -3.39. The van der Waals surface area contributed by atoms with Gasteiger partial charge in [0.15, 0.2) is 0 Å². The molecule has 0 aromatic carbocycles. The van der Waals surface area contributed by atoms with Gasteiger partial charge in [0.25, 0.3) is 0 Å². The molecule has 1 aromatic heterocycles. The molecule has 1 aromatic rings. The quantitative estimate of drug-likeness (QED) is 0.654. The maximum absolute atomic E-state index is 12.3. The summed E-state index contributed by atoms with van der Waals surface area (Å²) in [5.74, 6) is -0.542. The van der Waals surface area contributed by atoms with Crippen LogP contribution in [0.15, 0.2) is 6.20 Å². The van der Waals surface area contributed by atoms with Crippen molar-refractivity contribution in [3.05, 3.63) is 17.3 Å². The first-order chi connectivity index (χ1) is 5.84. The topological polar surface area (TPSA) is 64.9 Å². The predicted molar refractivity (Wildman–Crippen MR) is 42.8 cm³/mol. The zero-order valence-electron chi connectivity index (χ0n) is 6.81. The molecule has 0 unspecified atom stereocenters. The Morgan fingerprint density at radius 2 is 1.85 bits per heavy atom. The number of nitrogens with two attached hydrogens (primary N) is 2. The van der Waals surface area contributed by atoms with E-state index < -0.39 is 17.6 Å². The zero-order valence-corrected chi connectivity index (χ0v) is 6.81. The maximum Gasteiger partial charge on any atom is 0.420 e. The lowest BCUT2D eigenvalue weighted by atomic mass is 10.1. The van der Waals surface area contributed by atoms with E-state index in [0.29, 0.717) is 0 Å². The largest absolute Gasteiger partial charge is 0.420 e. The molecule has 0 saturated heterocycles. The van der Waals surface area contributed by atoms with Crippen molar-refractivity contribution in [2.24, 2.45) is 0 Å². The average Bonchev–Trinajstić information content (AvgIpc) is 1.95. The number of nitrogens with zero attached hydrogens (tertiary/aromatic N) is 1. The van der Waals surface area contributed by atoms with Crippen LogP contribution in [0.1, 0.15) is 11.1 Å². The summed E-state index contributed by atoms with van der Waals surface area (Å²) < 4.78 is 36.9. The predicted octanol–water partition coefficient (Wildman–Crippen LogP) is 1.57. The minimum Gasteiger partial charge on any atom is -0.397 e. The van der Waals surface area contributed by atoms with Crippen molar-refractivity contribution >= 4 is 11.5 Å². The normalized spacial score (nSPS) is 11.7. The van der Waals surface area contributed by atoms with Gasteiger partial charge in [0.05, 0.1) is 11.9 Å². The van der Waals surface area contributed by atoms with Gasteiger partial charge in [0.2, 0.25) is 0 Å². The van der Waals surface area contributed by atoms with Crippen LogP contribution in [0, 0.1) is 6.92 Å². The van der Waals surface area contributed by atoms with Crippen molar-refractivity contribution < 1.29 is 13.2 Å². The minimum atomic E-state index is -4.50. The number of aromatic nitrogens is 1. The molecule has 0 aliphatic rings. The van der Waals surface area contributed by atoms with Gasteiger partial charge in [0.1, 0.15) is 11.4 Å². The standard InChI is InChI=1S/C7H8F3N3/c1-3-4(11)2-13-6(12)5(3)7(8,9)10/h2H,11H2,1H3,(H2,12,13). The van der Waals surface area contributed by atoms with Gasteiger partial charge in [-0.25, -0.2) is 4.98 Å². The lowest BCUT2D eigenvalue weighted by Gasteiger charge is -2.13. The Kier molecular flexibility index (Phi) is 2.07. The Labute approximate surface area is 72.6 Å². The fraction of sp³-hybridized carbons (Fsp3) is 0.286. The van der Waals surface area contributed by atoms with E-state index in [-0.39, 0.29) is 11.3 Å². The fourth-order valence-corrected chi connectivity index (χ4v) is 0.995. The van der Waals surface area contributed by atoms with Crippen LogP contribution in [0.5, 0.6) is 0 Å². The average molecular weight is 191 g/mol. The summed E-state index contributed by atoms with van der Waals surface area (Å²) in [7, 11) is 0. The molecule has 0 aliphatic carbocycles. The number of halogens is 3. The second kappa shape index (κ2) is 2.79. The number of rotatable bonds is 0. The number of hydrogen-bond acceptors (Lipinski definition) is 3. The lowest BCUT2D eigenvalue weighted by molar-refractivity contribution is -0.137. The first-order valence-corrected chi connectivity index (χ1v) is 3.41. The van der Waals surface area contributed by atoms with Crippen LogP contribution >= 0.6 is 0 Å². The molecule has 1 heterocycles. The molecule has 0 amide bonds. The van der Waals surface area contributed by atoms with E-state index in [2.05, 4.69) is 4.98 Å². The second-order valence-corrected chi connectivity index (χ2v) is 2.60. The molecule has 0 saturated carbocycles. The van der Waals surface area contributed by atoms with Crippen molar-refractivity contribution in [2.75, 3.05) is 11.5 Å². The number of anilines is 2. The van der Waals surface area contributed by atoms with E-state index in [1.165, 1.54) is 6.92 Å². The highest BCUT2D eigenvalue weighted by Gasteiger charge is 2.36. The Morgan fingerprint density at radius 1 is 1.31 bits per heavy atom. The van der Waals surface area contributed by atoms with Gasteiger partial charge >= 0.3 is 6.18 Å². The first-order valence-electron chi connectivity index (χ1n) is 3.41. The van der Waals surface area contributed by atoms with Gasteiger partial charge in [0, 0.05) is 0 Å². The number of nitrogen functional groups attached to an aromatic ring is 2. The van der Waals surface area contributed by atoms with E-state index in [1.807, 2.05) is 0 Å². The van der Waals surface area contributed by atoms with Crippen LogP contribution in [-0.2, 0) is 6.18 Å². The monoisotopic (exact) mass is 191 g/mol. The highest BCUT2D eigenvalue weighted by Crippen LogP contribution is 2.36. The summed E-state index contributed by atoms with van der Waals surface area (Å²) in [5, 5.41) is 0. The summed E-state index contributed by atoms with van der Waals surface area (Å²) in [6, 6.07) is 0. The van der Waals surface area contributed by atoms with Crippen molar-refractivity contribution in [1.82, 2.24) is 4.98 Å². The molecule has 3 nitrogen and oxygen atoms in total. The van der Waals surface area contributed by atoms with Crippen LogP contribution in [0.2, 0.25) is 0 Å². The van der Waals surface area contributed by atoms with Crippen molar-refractivity contribution in [2.45, 2.75) is 13.1 Å². The van der Waals surface area contributed by atoms with Gasteiger partial charge < -0.3 is 11.5 Å². The highest BCUT2D eigenvalue weighted by atomic mass is 19.4. The van der Waals surface area contributed by atoms with Crippen LogP contribution in [-0.4, -0.2) is 4.98 Å². The van der Waals surface area contributed by atoms with Crippen LogP contribution < -0.4 is 11.5 Å². The van der Waals surface area contributed by atoms with Gasteiger partial charge in [-0.15, -0.1) is 0 Å². The summed E-state index contributed by atoms with van der Waals surface area (Å²) in [6.45, 7) is 1.26. The summed E-state index contributed by atoms with van der Waals surface area (Å²) in [5.41, 5.74) is 9.31. The number of hydrogen-bond donors (Lipinski definition) is 2. The highest BCUT2D eigenvalue weighted by molar-refractivity contribution is 5.57. The molecule has 0 bridgehead atoms. The summed E-state index contributed by atoms with van der Waals surface area (Å²) in [4.78, 5) is 3.34. The van der Waals surface area contributed by atoms with Gasteiger partial charge in [-0.05, 0) is 12.5 Å². The zero-order chi connectivity index (χ0) is 10.2. The van der Waals surface area contributed by atoms with Gasteiger partial charge in [-0.2, -0.15) is 13.2 Å². The smallest absolute Gasteiger partial charge is 0.397 e. The molecular formula is C7H8F3N3. The molecule has 0 spiro atoms. The van der Waals surface area contributed by atoms with E-state index >= 15 is 0 Å². The molecule has 4 N–H and O–H groups in total. The van der Waals surface area contributed by atoms with E-state index in [4.69, 9.17) is 11.5 Å². The molecule has 0 aliphatic heterocycles. The second-order valence-electron chi connectivity index (χ2n) is 2.60. The Bertz CT molecular complexity index is 332. The van der Waals surface area contributed by atoms with Crippen molar-refractivity contribution in [3.8, 4) is 0 Å². The molecule has 0 radical (unpaired) electrons. The third kappa shape index (κ3) is 1.66. The van der Waals surface area contributed by atoms with E-state index in [9.17, 15) is 13.2 Å².